The predicted octanol–water partition coefficient (Wildman–Crippen LogP) is 0.944. The highest BCUT2D eigenvalue weighted by atomic mass is 16.3. The largest absolute Gasteiger partial charge is 0.274 e. The first-order chi connectivity index (χ1) is 8.25. The van der Waals surface area contributed by atoms with Gasteiger partial charge in [-0.2, -0.15) is 0 Å². The van der Waals surface area contributed by atoms with Gasteiger partial charge in [-0.05, 0) is 18.6 Å². The van der Waals surface area contributed by atoms with Gasteiger partial charge in [-0.1, -0.05) is 12.1 Å². The third-order valence-electron chi connectivity index (χ3n) is 2.61. The monoisotopic (exact) mass is 233 g/mol. The summed E-state index contributed by atoms with van der Waals surface area (Å²) in [6.45, 7) is 0.631. The average Bonchev–Trinajstić information content (AvgIpc) is 2.60. The fourth-order valence-corrected chi connectivity index (χ4v) is 1.80. The summed E-state index contributed by atoms with van der Waals surface area (Å²) < 4.78 is 0. The molecule has 2 rings (SSSR count). The average molecular weight is 233 g/mol. The second-order valence-electron chi connectivity index (χ2n) is 3.66. The van der Waals surface area contributed by atoms with Crippen LogP contribution < -0.4 is 5.43 Å². The lowest BCUT2D eigenvalue weighted by Crippen LogP contribution is -2.32. The normalized spacial score (nSPS) is 13.8. The van der Waals surface area contributed by atoms with Crippen molar-refractivity contribution in [2.75, 3.05) is 13.1 Å². The number of carbonyl (C=O) groups excluding carboxylic acids is 2. The minimum atomic E-state index is -0.273. The van der Waals surface area contributed by atoms with Crippen LogP contribution in [0.25, 0.3) is 0 Å². The van der Waals surface area contributed by atoms with E-state index in [1.807, 2.05) is 0 Å². The highest BCUT2D eigenvalue weighted by Gasteiger charge is 2.34. The van der Waals surface area contributed by atoms with E-state index in [1.165, 1.54) is 4.90 Å². The third-order valence-corrected chi connectivity index (χ3v) is 2.61. The molecule has 1 N–H and O–H groups in total. The van der Waals surface area contributed by atoms with Gasteiger partial charge in [0, 0.05) is 18.4 Å². The van der Waals surface area contributed by atoms with E-state index in [0.29, 0.717) is 24.1 Å². The number of carbonyl (C=O) groups is 2. The van der Waals surface area contributed by atoms with E-state index in [9.17, 15) is 14.5 Å². The molecule has 1 aromatic rings. The van der Waals surface area contributed by atoms with E-state index in [-0.39, 0.29) is 18.4 Å². The summed E-state index contributed by atoms with van der Waals surface area (Å²) >= 11 is 0. The minimum absolute atomic E-state index is 0.273. The molecule has 0 aromatic heterocycles. The first-order valence-electron chi connectivity index (χ1n) is 5.26. The number of nitrogens with zero attached hydrogens (tertiary/aromatic N) is 2. The Kier molecular flexibility index (Phi) is 3.13. The lowest BCUT2D eigenvalue weighted by Gasteiger charge is -2.12. The summed E-state index contributed by atoms with van der Waals surface area (Å²) in [7, 11) is 0. The maximum Gasteiger partial charge on any atom is 0.261 e. The van der Waals surface area contributed by atoms with E-state index in [0.717, 1.165) is 0 Å². The molecule has 1 aliphatic rings. The van der Waals surface area contributed by atoms with Gasteiger partial charge in [-0.25, -0.2) is 0 Å². The minimum Gasteiger partial charge on any atom is -0.274 e. The van der Waals surface area contributed by atoms with Crippen LogP contribution in [-0.2, 0) is 0 Å². The molecular weight excluding hydrogens is 222 g/mol. The molecule has 6 heteroatoms. The molecule has 1 aromatic carbocycles. The predicted molar refractivity (Wildman–Crippen MR) is 60.2 cm³/mol. The van der Waals surface area contributed by atoms with Crippen molar-refractivity contribution in [1.29, 1.82) is 0 Å². The van der Waals surface area contributed by atoms with Gasteiger partial charge in [-0.15, -0.1) is 4.91 Å². The van der Waals surface area contributed by atoms with Gasteiger partial charge in [0.25, 0.3) is 11.8 Å². The number of imide groups is 1. The highest BCUT2D eigenvalue weighted by molar-refractivity contribution is 6.21. The summed E-state index contributed by atoms with van der Waals surface area (Å²) in [5.74, 6) is -0.547. The van der Waals surface area contributed by atoms with Crippen LogP contribution in [0.2, 0.25) is 0 Å². The second kappa shape index (κ2) is 4.73. The molecule has 0 aliphatic carbocycles. The number of rotatable bonds is 5. The van der Waals surface area contributed by atoms with Crippen molar-refractivity contribution in [2.45, 2.75) is 6.42 Å². The van der Waals surface area contributed by atoms with Crippen LogP contribution in [0.1, 0.15) is 27.1 Å². The molecule has 1 heterocycles. The number of nitroso groups, excluding NO2 is 1. The summed E-state index contributed by atoms with van der Waals surface area (Å²) in [6.07, 6.45) is 0.497. The topological polar surface area (TPSA) is 78.8 Å². The highest BCUT2D eigenvalue weighted by Crippen LogP contribution is 2.22. The Morgan fingerprint density at radius 2 is 1.71 bits per heavy atom. The van der Waals surface area contributed by atoms with Gasteiger partial charge in [0.05, 0.1) is 11.1 Å². The molecule has 2 amide bonds. The van der Waals surface area contributed by atoms with Gasteiger partial charge >= 0.3 is 0 Å². The van der Waals surface area contributed by atoms with Gasteiger partial charge in [0.2, 0.25) is 0 Å². The molecule has 0 fully saturated rings. The van der Waals surface area contributed by atoms with Gasteiger partial charge in [-0.3, -0.25) is 19.9 Å². The van der Waals surface area contributed by atoms with Crippen molar-refractivity contribution in [3.8, 4) is 0 Å². The number of amides is 2. The Balaban J connectivity index is 2.05. The smallest absolute Gasteiger partial charge is 0.261 e. The fourth-order valence-electron chi connectivity index (χ4n) is 1.80. The Morgan fingerprint density at radius 1 is 1.12 bits per heavy atom. The fraction of sp³-hybridized carbons (Fsp3) is 0.273. The molecule has 6 nitrogen and oxygen atoms in total. The van der Waals surface area contributed by atoms with E-state index in [2.05, 4.69) is 10.7 Å². The Hall–Kier alpha value is -2.24. The van der Waals surface area contributed by atoms with Crippen LogP contribution in [0.5, 0.6) is 0 Å². The van der Waals surface area contributed by atoms with Crippen molar-refractivity contribution in [1.82, 2.24) is 10.3 Å². The third kappa shape index (κ3) is 2.01. The molecule has 88 valence electrons. The van der Waals surface area contributed by atoms with E-state index in [4.69, 9.17) is 0 Å². The summed E-state index contributed by atoms with van der Waals surface area (Å²) in [5.41, 5.74) is 3.13. The molecule has 0 spiro atoms. The lowest BCUT2D eigenvalue weighted by molar-refractivity contribution is 0.0652. The summed E-state index contributed by atoms with van der Waals surface area (Å²) in [4.78, 5) is 34.7. The maximum atomic E-state index is 11.9. The van der Waals surface area contributed by atoms with Gasteiger partial charge in [0.1, 0.15) is 0 Å². The van der Waals surface area contributed by atoms with Gasteiger partial charge < -0.3 is 0 Å². The Morgan fingerprint density at radius 3 is 2.24 bits per heavy atom. The number of fused-ring (bicyclic) bond motifs is 1. The first-order valence-corrected chi connectivity index (χ1v) is 5.26. The van der Waals surface area contributed by atoms with Crippen LogP contribution in [0.4, 0.5) is 0 Å². The number of benzene rings is 1. The zero-order valence-electron chi connectivity index (χ0n) is 9.05. The number of hydrogen-bond acceptors (Lipinski definition) is 4. The van der Waals surface area contributed by atoms with E-state index in [1.54, 1.807) is 24.3 Å². The SMILES string of the molecule is O=NNCCCN1C(=O)c2ccccc2C1=O. The van der Waals surface area contributed by atoms with Crippen molar-refractivity contribution >= 4 is 11.8 Å². The van der Waals surface area contributed by atoms with Crippen molar-refractivity contribution < 1.29 is 9.59 Å². The lowest BCUT2D eigenvalue weighted by atomic mass is 10.1. The number of hydrogen-bond donors (Lipinski definition) is 1. The molecule has 0 saturated heterocycles. The Labute approximate surface area is 97.5 Å². The first kappa shape index (κ1) is 11.3. The summed E-state index contributed by atoms with van der Waals surface area (Å²) in [5, 5.41) is 2.49. The van der Waals surface area contributed by atoms with Crippen LogP contribution in [0.3, 0.4) is 0 Å². The molecule has 17 heavy (non-hydrogen) atoms. The van der Waals surface area contributed by atoms with E-state index >= 15 is 0 Å². The maximum absolute atomic E-state index is 11.9. The zero-order valence-corrected chi connectivity index (χ0v) is 9.05. The number of nitrogens with one attached hydrogen (secondary N) is 1. The van der Waals surface area contributed by atoms with Crippen LogP contribution >= 0.6 is 0 Å². The molecule has 0 atom stereocenters. The molecule has 0 bridgehead atoms. The van der Waals surface area contributed by atoms with Crippen molar-refractivity contribution in [3.63, 3.8) is 0 Å². The quantitative estimate of drug-likeness (QED) is 0.355. The van der Waals surface area contributed by atoms with Crippen molar-refractivity contribution in [3.05, 3.63) is 40.3 Å². The van der Waals surface area contributed by atoms with E-state index < -0.39 is 0 Å². The molecular formula is C11H11N3O3. The summed E-state index contributed by atoms with van der Waals surface area (Å²) in [6, 6.07) is 6.73. The molecule has 0 radical (unpaired) electrons. The van der Waals surface area contributed by atoms with Crippen molar-refractivity contribution in [2.24, 2.45) is 5.29 Å². The molecule has 0 saturated carbocycles. The van der Waals surface area contributed by atoms with Gasteiger partial charge in [0.15, 0.2) is 0 Å². The second-order valence-corrected chi connectivity index (χ2v) is 3.66. The standard InChI is InChI=1S/C11H11N3O3/c15-10-8-4-1-2-5-9(8)11(16)14(10)7-3-6-12-13-17/h1-2,4-5H,3,6-7H2,(H,12,17). The molecule has 0 unspecified atom stereocenters. The molecule has 1 aliphatic heterocycles. The Bertz CT molecular complexity index is 438. The van der Waals surface area contributed by atoms with Crippen LogP contribution in [-0.4, -0.2) is 29.8 Å². The zero-order chi connectivity index (χ0) is 12.3. The van der Waals surface area contributed by atoms with Crippen LogP contribution in [0.15, 0.2) is 29.6 Å². The van der Waals surface area contributed by atoms with Crippen LogP contribution in [0, 0.1) is 4.91 Å².